The van der Waals surface area contributed by atoms with Crippen LogP contribution in [0.5, 0.6) is 0 Å². The standard InChI is InChI=1S/C20H36O5S/c1-11-4-5-13(6-11)26-14-7-12(20(2,3)9-14)8-15-17(22)19(24)18(23)16(10-21)25-15/h11-19,21-24H,4-10H2,1-3H3/t11?,12?,13?,14?,15?,16-,17+,18+,19-/m1/s1. The van der Waals surface area contributed by atoms with Crippen molar-refractivity contribution >= 4 is 11.8 Å². The van der Waals surface area contributed by atoms with Gasteiger partial charge in [-0.1, -0.05) is 20.8 Å². The highest BCUT2D eigenvalue weighted by Crippen LogP contribution is 2.52. The first-order chi connectivity index (χ1) is 12.2. The molecule has 1 heterocycles. The average Bonchev–Trinajstić information content (AvgIpc) is 3.10. The van der Waals surface area contributed by atoms with Gasteiger partial charge in [0.25, 0.3) is 0 Å². The molecule has 1 aliphatic heterocycles. The van der Waals surface area contributed by atoms with Crippen molar-refractivity contribution in [2.24, 2.45) is 17.3 Å². The van der Waals surface area contributed by atoms with E-state index >= 15 is 0 Å². The zero-order valence-electron chi connectivity index (χ0n) is 16.3. The summed E-state index contributed by atoms with van der Waals surface area (Å²) in [5, 5.41) is 41.2. The van der Waals surface area contributed by atoms with Crippen molar-refractivity contribution in [3.05, 3.63) is 0 Å². The van der Waals surface area contributed by atoms with Crippen molar-refractivity contribution in [1.29, 1.82) is 0 Å². The fraction of sp³-hybridized carbons (Fsp3) is 1.00. The molecule has 2 saturated carbocycles. The van der Waals surface area contributed by atoms with Gasteiger partial charge in [0.05, 0.1) is 12.7 Å². The molecule has 152 valence electrons. The maximum absolute atomic E-state index is 10.4. The number of thioether (sulfide) groups is 1. The quantitative estimate of drug-likeness (QED) is 0.576. The van der Waals surface area contributed by atoms with Gasteiger partial charge in [-0.05, 0) is 55.8 Å². The molecule has 0 amide bonds. The first kappa shape index (κ1) is 20.9. The van der Waals surface area contributed by atoms with E-state index in [1.807, 2.05) is 0 Å². The van der Waals surface area contributed by atoms with Crippen LogP contribution in [0.15, 0.2) is 0 Å². The van der Waals surface area contributed by atoms with Crippen molar-refractivity contribution in [1.82, 2.24) is 0 Å². The summed E-state index contributed by atoms with van der Waals surface area (Å²) in [5.41, 5.74) is 0.167. The predicted octanol–water partition coefficient (Wildman–Crippen LogP) is 1.95. The molecular formula is C20H36O5S. The number of hydrogen-bond acceptors (Lipinski definition) is 6. The van der Waals surface area contributed by atoms with Crippen LogP contribution in [-0.4, -0.2) is 68.1 Å². The van der Waals surface area contributed by atoms with Crippen molar-refractivity contribution < 1.29 is 25.2 Å². The SMILES string of the molecule is CC1CCC(SC2CC(CC3O[C@H](CO)[C@H](O)[C@H](O)[C@H]3O)C(C)(C)C2)C1. The Bertz CT molecular complexity index is 471. The van der Waals surface area contributed by atoms with Crippen LogP contribution in [0.25, 0.3) is 0 Å². The summed E-state index contributed by atoms with van der Waals surface area (Å²) >= 11 is 2.16. The molecule has 3 aliphatic rings. The minimum atomic E-state index is -1.26. The van der Waals surface area contributed by atoms with Crippen molar-refractivity contribution in [3.8, 4) is 0 Å². The molecule has 1 saturated heterocycles. The molecule has 0 spiro atoms. The topological polar surface area (TPSA) is 90.2 Å². The molecule has 0 aromatic rings. The van der Waals surface area contributed by atoms with E-state index in [1.54, 1.807) is 0 Å². The number of aliphatic hydroxyl groups excluding tert-OH is 4. The van der Waals surface area contributed by atoms with Crippen LogP contribution in [-0.2, 0) is 4.74 Å². The number of ether oxygens (including phenoxy) is 1. The molecule has 6 heteroatoms. The van der Waals surface area contributed by atoms with E-state index in [4.69, 9.17) is 4.74 Å². The largest absolute Gasteiger partial charge is 0.394 e. The summed E-state index contributed by atoms with van der Waals surface area (Å²) in [7, 11) is 0. The molecule has 0 aromatic heterocycles. The van der Waals surface area contributed by atoms with Crippen molar-refractivity contribution in [2.45, 2.75) is 100 Å². The van der Waals surface area contributed by atoms with Gasteiger partial charge >= 0.3 is 0 Å². The Hall–Kier alpha value is 0.150. The van der Waals surface area contributed by atoms with Gasteiger partial charge in [0.15, 0.2) is 0 Å². The maximum atomic E-state index is 10.4. The van der Waals surface area contributed by atoms with Crippen molar-refractivity contribution in [3.63, 3.8) is 0 Å². The Kier molecular flexibility index (Phi) is 6.63. The summed E-state index contributed by atoms with van der Waals surface area (Å²) < 4.78 is 5.75. The lowest BCUT2D eigenvalue weighted by Gasteiger charge is -2.42. The van der Waals surface area contributed by atoms with Gasteiger partial charge in [0, 0.05) is 10.5 Å². The first-order valence-electron chi connectivity index (χ1n) is 10.2. The van der Waals surface area contributed by atoms with Crippen LogP contribution in [0.3, 0.4) is 0 Å². The Balaban J connectivity index is 1.59. The lowest BCUT2D eigenvalue weighted by Crippen LogP contribution is -2.58. The zero-order valence-corrected chi connectivity index (χ0v) is 17.1. The van der Waals surface area contributed by atoms with Gasteiger partial charge in [0.1, 0.15) is 24.4 Å². The van der Waals surface area contributed by atoms with Gasteiger partial charge in [-0.25, -0.2) is 0 Å². The smallest absolute Gasteiger partial charge is 0.111 e. The highest BCUT2D eigenvalue weighted by molar-refractivity contribution is 8.00. The van der Waals surface area contributed by atoms with E-state index < -0.39 is 30.5 Å². The van der Waals surface area contributed by atoms with Crippen LogP contribution in [0.4, 0.5) is 0 Å². The number of rotatable bonds is 5. The predicted molar refractivity (Wildman–Crippen MR) is 103 cm³/mol. The molecule has 0 aromatic carbocycles. The van der Waals surface area contributed by atoms with E-state index in [1.165, 1.54) is 25.7 Å². The van der Waals surface area contributed by atoms with E-state index in [0.717, 1.165) is 17.6 Å². The molecule has 3 rings (SSSR count). The Morgan fingerprint density at radius 2 is 1.65 bits per heavy atom. The second kappa shape index (κ2) is 8.26. The monoisotopic (exact) mass is 388 g/mol. The molecule has 26 heavy (non-hydrogen) atoms. The Morgan fingerprint density at radius 3 is 2.27 bits per heavy atom. The number of hydrogen-bond donors (Lipinski definition) is 4. The second-order valence-electron chi connectivity index (χ2n) is 9.53. The first-order valence-corrected chi connectivity index (χ1v) is 11.1. The van der Waals surface area contributed by atoms with Crippen LogP contribution >= 0.6 is 11.8 Å². The molecule has 0 bridgehead atoms. The Labute approximate surface area is 161 Å². The van der Waals surface area contributed by atoms with Crippen molar-refractivity contribution in [2.75, 3.05) is 6.61 Å². The van der Waals surface area contributed by atoms with Gasteiger partial charge in [-0.2, -0.15) is 11.8 Å². The zero-order chi connectivity index (χ0) is 19.1. The van der Waals surface area contributed by atoms with Gasteiger partial charge < -0.3 is 25.2 Å². The molecule has 9 atom stereocenters. The lowest BCUT2D eigenvalue weighted by molar-refractivity contribution is -0.233. The number of aliphatic hydroxyl groups is 4. The molecular weight excluding hydrogens is 352 g/mol. The van der Waals surface area contributed by atoms with E-state index in [9.17, 15) is 20.4 Å². The highest BCUT2D eigenvalue weighted by Gasteiger charge is 2.48. The van der Waals surface area contributed by atoms with Crippen LogP contribution in [0.1, 0.15) is 59.3 Å². The van der Waals surface area contributed by atoms with E-state index in [0.29, 0.717) is 17.6 Å². The van der Waals surface area contributed by atoms with E-state index in [2.05, 4.69) is 32.5 Å². The minimum absolute atomic E-state index is 0.167. The molecule has 0 radical (unpaired) electrons. The summed E-state index contributed by atoms with van der Waals surface area (Å²) in [6.45, 7) is 6.58. The third-order valence-electron chi connectivity index (χ3n) is 6.95. The summed E-state index contributed by atoms with van der Waals surface area (Å²) in [4.78, 5) is 0. The normalized spacial score (nSPS) is 48.8. The average molecular weight is 389 g/mol. The van der Waals surface area contributed by atoms with Crippen LogP contribution in [0, 0.1) is 17.3 Å². The van der Waals surface area contributed by atoms with Gasteiger partial charge in [-0.3, -0.25) is 0 Å². The summed E-state index contributed by atoms with van der Waals surface area (Å²) in [6.07, 6.45) is 1.98. The Morgan fingerprint density at radius 1 is 0.962 bits per heavy atom. The van der Waals surface area contributed by atoms with Gasteiger partial charge in [-0.15, -0.1) is 0 Å². The third-order valence-corrected chi connectivity index (χ3v) is 8.50. The third kappa shape index (κ3) is 4.41. The molecule has 5 nitrogen and oxygen atoms in total. The minimum Gasteiger partial charge on any atom is -0.394 e. The molecule has 2 aliphatic carbocycles. The van der Waals surface area contributed by atoms with E-state index in [-0.39, 0.29) is 12.0 Å². The van der Waals surface area contributed by atoms with Gasteiger partial charge in [0.2, 0.25) is 0 Å². The maximum Gasteiger partial charge on any atom is 0.111 e. The highest BCUT2D eigenvalue weighted by atomic mass is 32.2. The molecule has 4 N–H and O–H groups in total. The fourth-order valence-corrected chi connectivity index (χ4v) is 7.32. The summed E-state index contributed by atoms with van der Waals surface area (Å²) in [6, 6.07) is 0. The van der Waals surface area contributed by atoms with Crippen LogP contribution in [0.2, 0.25) is 0 Å². The van der Waals surface area contributed by atoms with Crippen LogP contribution < -0.4 is 0 Å². The molecule has 3 fully saturated rings. The lowest BCUT2D eigenvalue weighted by atomic mass is 9.77. The summed E-state index contributed by atoms with van der Waals surface area (Å²) in [5.74, 6) is 1.26. The fourth-order valence-electron chi connectivity index (χ4n) is 5.20. The molecule has 5 unspecified atom stereocenters. The second-order valence-corrected chi connectivity index (χ2v) is 11.1.